The van der Waals surface area contributed by atoms with Gasteiger partial charge in [-0.2, -0.15) is 5.26 Å². The Morgan fingerprint density at radius 2 is 2.12 bits per heavy atom. The van der Waals surface area contributed by atoms with Crippen LogP contribution in [0.3, 0.4) is 0 Å². The molecule has 0 amide bonds. The van der Waals surface area contributed by atoms with Gasteiger partial charge in [0.25, 0.3) is 0 Å². The van der Waals surface area contributed by atoms with E-state index in [0.717, 1.165) is 24.2 Å². The van der Waals surface area contributed by atoms with Gasteiger partial charge in [0.2, 0.25) is 0 Å². The average Bonchev–Trinajstić information content (AvgIpc) is 2.64. The summed E-state index contributed by atoms with van der Waals surface area (Å²) in [6.07, 6.45) is 9.49. The molecular weight excluding hydrogens is 198 g/mol. The molecule has 2 heterocycles. The molecule has 0 radical (unpaired) electrons. The first-order valence-electron chi connectivity index (χ1n) is 5.78. The molecule has 2 aromatic rings. The largest absolute Gasteiger partial charge is 0.305 e. The molecule has 0 bridgehead atoms. The number of aromatic nitrogens is 2. The summed E-state index contributed by atoms with van der Waals surface area (Å²) in [5.74, 6) is 0. The second-order valence-electron chi connectivity index (χ2n) is 4.32. The fraction of sp³-hybridized carbons (Fsp3) is 0.385. The Labute approximate surface area is 94.3 Å². The van der Waals surface area contributed by atoms with Crippen LogP contribution in [0, 0.1) is 11.3 Å². The number of rotatable bonds is 0. The minimum Gasteiger partial charge on any atom is -0.305 e. The van der Waals surface area contributed by atoms with E-state index in [2.05, 4.69) is 11.1 Å². The van der Waals surface area contributed by atoms with Gasteiger partial charge in [0, 0.05) is 12.4 Å². The zero-order chi connectivity index (χ0) is 11.0. The van der Waals surface area contributed by atoms with Crippen LogP contribution < -0.4 is 0 Å². The van der Waals surface area contributed by atoms with Crippen molar-refractivity contribution in [3.63, 3.8) is 0 Å². The van der Waals surface area contributed by atoms with Gasteiger partial charge in [0.1, 0.15) is 11.8 Å². The molecule has 0 atom stereocenters. The summed E-state index contributed by atoms with van der Waals surface area (Å²) >= 11 is 0. The van der Waals surface area contributed by atoms with Crippen LogP contribution in [0.1, 0.15) is 36.2 Å². The topological polar surface area (TPSA) is 41.1 Å². The molecule has 1 aliphatic rings. The smallest absolute Gasteiger partial charge is 0.125 e. The van der Waals surface area contributed by atoms with Gasteiger partial charge in [0.15, 0.2) is 0 Å². The van der Waals surface area contributed by atoms with E-state index < -0.39 is 0 Å². The normalized spacial score (nSPS) is 15.4. The average molecular weight is 211 g/mol. The zero-order valence-corrected chi connectivity index (χ0v) is 9.11. The van der Waals surface area contributed by atoms with Crippen molar-refractivity contribution in [2.24, 2.45) is 0 Å². The van der Waals surface area contributed by atoms with E-state index in [4.69, 9.17) is 5.26 Å². The lowest BCUT2D eigenvalue weighted by atomic mass is 10.0. The van der Waals surface area contributed by atoms with Crippen molar-refractivity contribution in [3.05, 3.63) is 35.4 Å². The minimum absolute atomic E-state index is 0.732. The molecule has 3 rings (SSSR count). The van der Waals surface area contributed by atoms with Gasteiger partial charge >= 0.3 is 0 Å². The fourth-order valence-corrected chi connectivity index (χ4v) is 2.55. The van der Waals surface area contributed by atoms with Gasteiger partial charge in [-0.05, 0) is 37.3 Å². The Morgan fingerprint density at radius 1 is 1.25 bits per heavy atom. The highest BCUT2D eigenvalue weighted by Crippen LogP contribution is 2.25. The molecule has 0 unspecified atom stereocenters. The van der Waals surface area contributed by atoms with E-state index in [1.165, 1.54) is 30.3 Å². The Hall–Kier alpha value is -1.82. The molecule has 0 fully saturated rings. The fourth-order valence-electron chi connectivity index (χ4n) is 2.55. The molecule has 3 nitrogen and oxygen atoms in total. The van der Waals surface area contributed by atoms with Gasteiger partial charge in [-0.3, -0.25) is 4.98 Å². The SMILES string of the molecule is N#Cc1cc2c3c(nccn13)CCCCC2. The Kier molecular flexibility index (Phi) is 2.14. The Morgan fingerprint density at radius 3 is 3.00 bits per heavy atom. The van der Waals surface area contributed by atoms with Gasteiger partial charge < -0.3 is 4.40 Å². The van der Waals surface area contributed by atoms with E-state index in [0.29, 0.717) is 0 Å². The first-order chi connectivity index (χ1) is 7.90. The van der Waals surface area contributed by atoms with Crippen LogP contribution in [0.15, 0.2) is 18.5 Å². The maximum atomic E-state index is 9.11. The number of nitrogens with zero attached hydrogens (tertiary/aromatic N) is 3. The van der Waals surface area contributed by atoms with E-state index in [-0.39, 0.29) is 0 Å². The number of hydrogen-bond donors (Lipinski definition) is 0. The van der Waals surface area contributed by atoms with Crippen molar-refractivity contribution in [2.45, 2.75) is 32.1 Å². The highest BCUT2D eigenvalue weighted by atomic mass is 14.9. The van der Waals surface area contributed by atoms with E-state index in [1.54, 1.807) is 6.20 Å². The van der Waals surface area contributed by atoms with E-state index in [9.17, 15) is 0 Å². The highest BCUT2D eigenvalue weighted by molar-refractivity contribution is 5.63. The molecule has 0 N–H and O–H groups in total. The van der Waals surface area contributed by atoms with Crippen LogP contribution in [0.4, 0.5) is 0 Å². The molecule has 2 aromatic heterocycles. The van der Waals surface area contributed by atoms with E-state index >= 15 is 0 Å². The molecule has 0 spiro atoms. The van der Waals surface area contributed by atoms with Crippen molar-refractivity contribution < 1.29 is 0 Å². The van der Waals surface area contributed by atoms with Crippen molar-refractivity contribution in [3.8, 4) is 6.07 Å². The third-order valence-electron chi connectivity index (χ3n) is 3.31. The lowest BCUT2D eigenvalue weighted by Crippen LogP contribution is -2.01. The second-order valence-corrected chi connectivity index (χ2v) is 4.32. The van der Waals surface area contributed by atoms with Crippen molar-refractivity contribution >= 4 is 5.52 Å². The minimum atomic E-state index is 0.732. The van der Waals surface area contributed by atoms with Crippen molar-refractivity contribution in [1.29, 1.82) is 5.26 Å². The first kappa shape index (κ1) is 9.41. The number of nitriles is 1. The Balaban J connectivity index is 2.34. The Bertz CT molecular complexity index is 575. The van der Waals surface area contributed by atoms with Crippen LogP contribution in [0.25, 0.3) is 5.52 Å². The van der Waals surface area contributed by atoms with Gasteiger partial charge in [0.05, 0.1) is 11.2 Å². The summed E-state index contributed by atoms with van der Waals surface area (Å²) < 4.78 is 1.99. The molecule has 3 heteroatoms. The molecule has 0 aliphatic heterocycles. The van der Waals surface area contributed by atoms with Crippen LogP contribution in [0.2, 0.25) is 0 Å². The second kappa shape index (κ2) is 3.64. The third kappa shape index (κ3) is 1.30. The maximum absolute atomic E-state index is 9.11. The summed E-state index contributed by atoms with van der Waals surface area (Å²) in [7, 11) is 0. The van der Waals surface area contributed by atoms with Crippen LogP contribution in [-0.2, 0) is 12.8 Å². The number of aryl methyl sites for hydroxylation is 2. The van der Waals surface area contributed by atoms with Gasteiger partial charge in [-0.1, -0.05) is 6.42 Å². The van der Waals surface area contributed by atoms with Crippen LogP contribution in [-0.4, -0.2) is 9.38 Å². The zero-order valence-electron chi connectivity index (χ0n) is 9.11. The number of hydrogen-bond acceptors (Lipinski definition) is 2. The van der Waals surface area contributed by atoms with Crippen LogP contribution in [0.5, 0.6) is 0 Å². The predicted molar refractivity (Wildman–Crippen MR) is 61.2 cm³/mol. The van der Waals surface area contributed by atoms with Crippen molar-refractivity contribution in [2.75, 3.05) is 0 Å². The van der Waals surface area contributed by atoms with Gasteiger partial charge in [-0.25, -0.2) is 0 Å². The molecule has 0 saturated carbocycles. The summed E-state index contributed by atoms with van der Waals surface area (Å²) in [5, 5.41) is 9.11. The molecule has 0 aromatic carbocycles. The molecule has 80 valence electrons. The summed E-state index contributed by atoms with van der Waals surface area (Å²) in [4.78, 5) is 4.46. The first-order valence-corrected chi connectivity index (χ1v) is 5.78. The quantitative estimate of drug-likeness (QED) is 0.671. The molecule has 1 aliphatic carbocycles. The standard InChI is InChI=1S/C13H13N3/c14-9-11-8-10-4-2-1-3-5-12-13(10)16(11)7-6-15-12/h6-8H,1-5H2. The van der Waals surface area contributed by atoms with Gasteiger partial charge in [-0.15, -0.1) is 0 Å². The highest BCUT2D eigenvalue weighted by Gasteiger charge is 2.14. The van der Waals surface area contributed by atoms with E-state index in [1.807, 2.05) is 16.7 Å². The molecule has 0 saturated heterocycles. The van der Waals surface area contributed by atoms with Crippen molar-refractivity contribution in [1.82, 2.24) is 9.38 Å². The van der Waals surface area contributed by atoms with Crippen LogP contribution >= 0.6 is 0 Å². The summed E-state index contributed by atoms with van der Waals surface area (Å²) in [6.45, 7) is 0. The lowest BCUT2D eigenvalue weighted by molar-refractivity contribution is 0.663. The monoisotopic (exact) mass is 211 g/mol. The lowest BCUT2D eigenvalue weighted by Gasteiger charge is -2.10. The summed E-state index contributed by atoms with van der Waals surface area (Å²) in [5.41, 5.74) is 4.35. The summed E-state index contributed by atoms with van der Waals surface area (Å²) in [6, 6.07) is 4.28. The maximum Gasteiger partial charge on any atom is 0.125 e. The third-order valence-corrected chi connectivity index (χ3v) is 3.31. The predicted octanol–water partition coefficient (Wildman–Crippen LogP) is 2.47. The molecular formula is C13H13N3. The molecule has 16 heavy (non-hydrogen) atoms.